The molecule has 0 spiro atoms. The van der Waals surface area contributed by atoms with Crippen LogP contribution in [0.3, 0.4) is 0 Å². The van der Waals surface area contributed by atoms with Crippen LogP contribution in [0.4, 0.5) is 9.80 Å². The average molecular weight is 356 g/mol. The molecule has 0 saturated heterocycles. The molecule has 0 aliphatic carbocycles. The summed E-state index contributed by atoms with van der Waals surface area (Å²) in [4.78, 5) is 34.4. The molecule has 1 atom stereocenters. The summed E-state index contributed by atoms with van der Waals surface area (Å²) in [6.07, 6.45) is 5.26. The van der Waals surface area contributed by atoms with Gasteiger partial charge >= 0.3 is 18.0 Å². The Balaban J connectivity index is 2.71. The lowest BCUT2D eigenvalue weighted by Gasteiger charge is -2.14. The first-order valence-corrected chi connectivity index (χ1v) is 8.77. The maximum atomic E-state index is 12.0. The van der Waals surface area contributed by atoms with Crippen LogP contribution in [0.15, 0.2) is 0 Å². The van der Waals surface area contributed by atoms with E-state index in [4.69, 9.17) is 5.11 Å². The van der Waals surface area contributed by atoms with Crippen molar-refractivity contribution in [2.45, 2.75) is 58.9 Å². The number of hydrogen-bond donors (Lipinski definition) is 4. The predicted molar refractivity (Wildman–Crippen MR) is 93.4 cm³/mol. The zero-order valence-electron chi connectivity index (χ0n) is 14.1. The topological polar surface area (TPSA) is 116 Å². The molecule has 0 aliphatic rings. The van der Waals surface area contributed by atoms with Crippen LogP contribution in [0, 0.1) is 6.92 Å². The maximum Gasteiger partial charge on any atom is 0.346 e. The molecular weight excluding hydrogens is 332 g/mol. The standard InChI is InChI=1S/C16H24N2O5S/c1-4-5-6-7-8-9(2)17-16(23)18-13-11(14(19)20)10(3)12(24-13)15(21)22/h9H,4-8H2,1-3H3,(H,19,20)(H,21,22)(H2,17,18,23). The molecule has 0 fully saturated rings. The van der Waals surface area contributed by atoms with Crippen molar-refractivity contribution in [3.8, 4) is 0 Å². The number of amides is 2. The van der Waals surface area contributed by atoms with E-state index in [1.807, 2.05) is 6.92 Å². The minimum atomic E-state index is -1.26. The SMILES string of the molecule is CCCCCCC(C)NC(=O)Nc1sc(C(=O)O)c(C)c1C(=O)O. The Kier molecular flexibility index (Phi) is 7.70. The first-order chi connectivity index (χ1) is 11.3. The molecule has 2 amide bonds. The number of hydrogen-bond acceptors (Lipinski definition) is 4. The number of carboxylic acids is 2. The number of unbranched alkanes of at least 4 members (excludes halogenated alkanes) is 3. The Morgan fingerprint density at radius 3 is 2.33 bits per heavy atom. The molecule has 1 heterocycles. The summed E-state index contributed by atoms with van der Waals surface area (Å²) in [7, 11) is 0. The summed E-state index contributed by atoms with van der Waals surface area (Å²) in [6.45, 7) is 5.43. The number of aromatic carboxylic acids is 2. The van der Waals surface area contributed by atoms with Crippen molar-refractivity contribution >= 4 is 34.3 Å². The summed E-state index contributed by atoms with van der Waals surface area (Å²) < 4.78 is 0. The highest BCUT2D eigenvalue weighted by Crippen LogP contribution is 2.33. The molecule has 1 rings (SSSR count). The van der Waals surface area contributed by atoms with Gasteiger partial charge in [-0.15, -0.1) is 11.3 Å². The van der Waals surface area contributed by atoms with Crippen LogP contribution >= 0.6 is 11.3 Å². The van der Waals surface area contributed by atoms with Crippen LogP contribution in [0.1, 0.15) is 71.5 Å². The molecule has 0 radical (unpaired) electrons. The van der Waals surface area contributed by atoms with E-state index in [9.17, 15) is 19.5 Å². The van der Waals surface area contributed by atoms with Crippen LogP contribution in [-0.4, -0.2) is 34.2 Å². The number of carboxylic acid groups (broad SMARTS) is 2. The fraction of sp³-hybridized carbons (Fsp3) is 0.562. The molecule has 1 unspecified atom stereocenters. The minimum Gasteiger partial charge on any atom is -0.478 e. The van der Waals surface area contributed by atoms with Crippen LogP contribution in [0.25, 0.3) is 0 Å². The van der Waals surface area contributed by atoms with Crippen molar-refractivity contribution in [3.05, 3.63) is 16.0 Å². The van der Waals surface area contributed by atoms with E-state index in [0.717, 1.165) is 43.4 Å². The highest BCUT2D eigenvalue weighted by molar-refractivity contribution is 7.18. The number of rotatable bonds is 9. The number of carbonyl (C=O) groups excluding carboxylic acids is 1. The molecule has 0 saturated carbocycles. The third-order valence-corrected chi connectivity index (χ3v) is 4.85. The number of nitrogens with one attached hydrogen (secondary N) is 2. The molecule has 8 heteroatoms. The first kappa shape index (κ1) is 20.0. The van der Waals surface area contributed by atoms with Gasteiger partial charge in [0.2, 0.25) is 0 Å². The Morgan fingerprint density at radius 1 is 1.12 bits per heavy atom. The molecule has 134 valence electrons. The molecular formula is C16H24N2O5S. The first-order valence-electron chi connectivity index (χ1n) is 7.95. The second-order valence-corrected chi connectivity index (χ2v) is 6.74. The second-order valence-electron chi connectivity index (χ2n) is 5.72. The number of anilines is 1. The van der Waals surface area contributed by atoms with Gasteiger partial charge in [-0.3, -0.25) is 5.32 Å². The van der Waals surface area contributed by atoms with E-state index in [2.05, 4.69) is 17.6 Å². The van der Waals surface area contributed by atoms with E-state index >= 15 is 0 Å². The van der Waals surface area contributed by atoms with E-state index in [-0.39, 0.29) is 27.0 Å². The van der Waals surface area contributed by atoms with Crippen molar-refractivity contribution in [1.29, 1.82) is 0 Å². The molecule has 7 nitrogen and oxygen atoms in total. The largest absolute Gasteiger partial charge is 0.478 e. The minimum absolute atomic E-state index is 0.0353. The van der Waals surface area contributed by atoms with Crippen LogP contribution < -0.4 is 10.6 Å². The van der Waals surface area contributed by atoms with E-state index < -0.39 is 18.0 Å². The van der Waals surface area contributed by atoms with Gasteiger partial charge in [0.1, 0.15) is 9.88 Å². The maximum absolute atomic E-state index is 12.0. The third-order valence-electron chi connectivity index (χ3n) is 3.65. The highest BCUT2D eigenvalue weighted by atomic mass is 32.1. The summed E-state index contributed by atoms with van der Waals surface area (Å²) in [5.41, 5.74) is -0.0361. The number of thiophene rings is 1. The van der Waals surface area contributed by atoms with Gasteiger partial charge in [0.25, 0.3) is 0 Å². The van der Waals surface area contributed by atoms with Crippen LogP contribution in [-0.2, 0) is 0 Å². The lowest BCUT2D eigenvalue weighted by Crippen LogP contribution is -2.36. The van der Waals surface area contributed by atoms with Crippen molar-refractivity contribution < 1.29 is 24.6 Å². The Labute approximate surface area is 145 Å². The molecule has 1 aromatic heterocycles. The third kappa shape index (κ3) is 5.52. The zero-order valence-corrected chi connectivity index (χ0v) is 15.0. The summed E-state index contributed by atoms with van der Waals surface area (Å²) in [5, 5.41) is 23.6. The molecule has 0 aliphatic heterocycles. The van der Waals surface area contributed by atoms with Crippen molar-refractivity contribution in [3.63, 3.8) is 0 Å². The van der Waals surface area contributed by atoms with Crippen LogP contribution in [0.2, 0.25) is 0 Å². The van der Waals surface area contributed by atoms with Crippen molar-refractivity contribution in [1.82, 2.24) is 5.32 Å². The van der Waals surface area contributed by atoms with Gasteiger partial charge < -0.3 is 15.5 Å². The molecule has 24 heavy (non-hydrogen) atoms. The van der Waals surface area contributed by atoms with Crippen molar-refractivity contribution in [2.75, 3.05) is 5.32 Å². The number of carbonyl (C=O) groups is 3. The molecule has 4 N–H and O–H groups in total. The molecule has 0 aromatic carbocycles. The van der Waals surface area contributed by atoms with Crippen molar-refractivity contribution in [2.24, 2.45) is 0 Å². The van der Waals surface area contributed by atoms with Gasteiger partial charge in [-0.2, -0.15) is 0 Å². The fourth-order valence-electron chi connectivity index (χ4n) is 2.38. The van der Waals surface area contributed by atoms with E-state index in [0.29, 0.717) is 0 Å². The smallest absolute Gasteiger partial charge is 0.346 e. The van der Waals surface area contributed by atoms with Gasteiger partial charge in [0.05, 0.1) is 5.56 Å². The monoisotopic (exact) mass is 356 g/mol. The highest BCUT2D eigenvalue weighted by Gasteiger charge is 2.25. The zero-order chi connectivity index (χ0) is 18.3. The molecule has 1 aromatic rings. The summed E-state index contributed by atoms with van der Waals surface area (Å²) in [6, 6.07) is -0.575. The van der Waals surface area contributed by atoms with Gasteiger partial charge in [0.15, 0.2) is 0 Å². The lowest BCUT2D eigenvalue weighted by molar-refractivity contribution is 0.0696. The second kappa shape index (κ2) is 9.27. The van der Waals surface area contributed by atoms with E-state index in [1.165, 1.54) is 6.92 Å². The predicted octanol–water partition coefficient (Wildman–Crippen LogP) is 3.93. The number of urea groups is 1. The molecule has 0 bridgehead atoms. The Morgan fingerprint density at radius 2 is 1.79 bits per heavy atom. The summed E-state index contributed by atoms with van der Waals surface area (Å²) >= 11 is 0.750. The van der Waals surface area contributed by atoms with Gasteiger partial charge in [0, 0.05) is 6.04 Å². The Hall–Kier alpha value is -2.09. The van der Waals surface area contributed by atoms with Gasteiger partial charge in [-0.1, -0.05) is 32.6 Å². The van der Waals surface area contributed by atoms with Gasteiger partial charge in [-0.05, 0) is 25.8 Å². The summed E-state index contributed by atoms with van der Waals surface area (Å²) in [5.74, 6) is -2.48. The Bertz CT molecular complexity index is 612. The van der Waals surface area contributed by atoms with E-state index in [1.54, 1.807) is 0 Å². The van der Waals surface area contributed by atoms with Gasteiger partial charge in [-0.25, -0.2) is 14.4 Å². The quantitative estimate of drug-likeness (QED) is 0.500. The lowest BCUT2D eigenvalue weighted by atomic mass is 10.1. The van der Waals surface area contributed by atoms with Crippen LogP contribution in [0.5, 0.6) is 0 Å². The fourth-order valence-corrected chi connectivity index (χ4v) is 3.41. The average Bonchev–Trinajstić information content (AvgIpc) is 2.80. The normalized spacial score (nSPS) is 11.8.